The summed E-state index contributed by atoms with van der Waals surface area (Å²) in [6.07, 6.45) is 0. The van der Waals surface area contributed by atoms with E-state index in [4.69, 9.17) is 40.5 Å². The number of hydrogen-bond donors (Lipinski definition) is 1. The maximum absolute atomic E-state index is 11.1. The van der Waals surface area contributed by atoms with Gasteiger partial charge < -0.3 is 5.73 Å². The molecule has 1 aliphatic carbocycles. The van der Waals surface area contributed by atoms with Crippen LogP contribution in [0, 0.1) is 5.92 Å². The zero-order chi connectivity index (χ0) is 12.1. The minimum atomic E-state index is -1.10. The molecular weight excluding hydrogens is 336 g/mol. The van der Waals surface area contributed by atoms with Gasteiger partial charge in [-0.2, -0.15) is 0 Å². The highest BCUT2D eigenvalue weighted by atomic mass is 79.9. The lowest BCUT2D eigenvalue weighted by atomic mass is 10.1. The quantitative estimate of drug-likeness (QED) is 0.821. The SMILES string of the molecule is NC(=O)C1C(c2ccc(Cl)c(Br)c2)C1(Cl)Cl. The molecule has 2 N–H and O–H groups in total. The Bertz CT molecular complexity index is 463. The van der Waals surface area contributed by atoms with Gasteiger partial charge in [0.25, 0.3) is 0 Å². The lowest BCUT2D eigenvalue weighted by molar-refractivity contribution is -0.119. The number of alkyl halides is 2. The first-order chi connectivity index (χ1) is 7.35. The van der Waals surface area contributed by atoms with E-state index in [2.05, 4.69) is 15.9 Å². The van der Waals surface area contributed by atoms with Gasteiger partial charge in [-0.1, -0.05) is 17.7 Å². The third-order valence-electron chi connectivity index (χ3n) is 2.66. The summed E-state index contributed by atoms with van der Waals surface area (Å²) >= 11 is 21.2. The molecule has 0 aromatic heterocycles. The second-order valence-electron chi connectivity index (χ2n) is 3.71. The zero-order valence-corrected chi connectivity index (χ0v) is 11.7. The first-order valence-electron chi connectivity index (χ1n) is 4.47. The Morgan fingerprint density at radius 3 is 2.50 bits per heavy atom. The van der Waals surface area contributed by atoms with Crippen LogP contribution in [0.2, 0.25) is 5.02 Å². The highest BCUT2D eigenvalue weighted by Gasteiger charge is 2.67. The van der Waals surface area contributed by atoms with Crippen LogP contribution in [0.15, 0.2) is 22.7 Å². The molecule has 86 valence electrons. The molecule has 6 heteroatoms. The van der Waals surface area contributed by atoms with E-state index in [0.717, 1.165) is 10.0 Å². The van der Waals surface area contributed by atoms with Crippen LogP contribution in [0.4, 0.5) is 0 Å². The Kier molecular flexibility index (Phi) is 3.17. The second-order valence-corrected chi connectivity index (χ2v) is 6.41. The van der Waals surface area contributed by atoms with E-state index in [-0.39, 0.29) is 5.92 Å². The molecule has 1 amide bonds. The Morgan fingerprint density at radius 2 is 2.06 bits per heavy atom. The Morgan fingerprint density at radius 1 is 1.44 bits per heavy atom. The highest BCUT2D eigenvalue weighted by molar-refractivity contribution is 9.10. The van der Waals surface area contributed by atoms with Crippen LogP contribution in [0.25, 0.3) is 0 Å². The summed E-state index contributed by atoms with van der Waals surface area (Å²) < 4.78 is -0.357. The van der Waals surface area contributed by atoms with E-state index in [9.17, 15) is 4.79 Å². The normalized spacial score (nSPS) is 26.5. The van der Waals surface area contributed by atoms with E-state index in [1.165, 1.54) is 0 Å². The van der Waals surface area contributed by atoms with Crippen LogP contribution in [0.3, 0.4) is 0 Å². The number of halogens is 4. The first kappa shape index (κ1) is 12.5. The Labute approximate surface area is 116 Å². The van der Waals surface area contributed by atoms with Crippen LogP contribution in [0.1, 0.15) is 11.5 Å². The van der Waals surface area contributed by atoms with Gasteiger partial charge in [0.2, 0.25) is 5.91 Å². The summed E-state index contributed by atoms with van der Waals surface area (Å²) in [7, 11) is 0. The van der Waals surface area contributed by atoms with Crippen LogP contribution >= 0.6 is 50.7 Å². The van der Waals surface area contributed by atoms with Crippen molar-refractivity contribution in [1.29, 1.82) is 0 Å². The van der Waals surface area contributed by atoms with Crippen LogP contribution in [0.5, 0.6) is 0 Å². The topological polar surface area (TPSA) is 43.1 Å². The van der Waals surface area contributed by atoms with Crippen molar-refractivity contribution in [3.8, 4) is 0 Å². The van der Waals surface area contributed by atoms with Crippen molar-refractivity contribution in [3.63, 3.8) is 0 Å². The van der Waals surface area contributed by atoms with Gasteiger partial charge in [0.15, 0.2) is 0 Å². The van der Waals surface area contributed by atoms with Crippen molar-refractivity contribution >= 4 is 56.6 Å². The molecule has 2 unspecified atom stereocenters. The molecule has 1 aromatic carbocycles. The minimum Gasteiger partial charge on any atom is -0.369 e. The number of carbonyl (C=O) groups excluding carboxylic acids is 1. The van der Waals surface area contributed by atoms with Crippen LogP contribution < -0.4 is 5.73 Å². The molecule has 16 heavy (non-hydrogen) atoms. The average molecular weight is 343 g/mol. The third kappa shape index (κ3) is 1.94. The van der Waals surface area contributed by atoms with Crippen molar-refractivity contribution in [2.24, 2.45) is 11.7 Å². The van der Waals surface area contributed by atoms with Gasteiger partial charge in [-0.05, 0) is 33.6 Å². The van der Waals surface area contributed by atoms with Crippen molar-refractivity contribution in [2.75, 3.05) is 0 Å². The van der Waals surface area contributed by atoms with E-state index < -0.39 is 16.2 Å². The number of rotatable bonds is 2. The summed E-state index contributed by atoms with van der Waals surface area (Å²) in [5.74, 6) is -1.29. The number of nitrogens with two attached hydrogens (primary N) is 1. The lowest BCUT2D eigenvalue weighted by Gasteiger charge is -2.02. The lowest BCUT2D eigenvalue weighted by Crippen LogP contribution is -2.16. The predicted octanol–water partition coefficient (Wildman–Crippen LogP) is 3.48. The van der Waals surface area contributed by atoms with Gasteiger partial charge in [-0.25, -0.2) is 0 Å². The molecule has 2 atom stereocenters. The van der Waals surface area contributed by atoms with Gasteiger partial charge >= 0.3 is 0 Å². The Balaban J connectivity index is 2.33. The molecule has 1 aromatic rings. The fraction of sp³-hybridized carbons (Fsp3) is 0.300. The number of hydrogen-bond acceptors (Lipinski definition) is 1. The van der Waals surface area contributed by atoms with E-state index in [1.807, 2.05) is 0 Å². The molecule has 0 spiro atoms. The summed E-state index contributed by atoms with van der Waals surface area (Å²) in [6.45, 7) is 0. The number of carbonyl (C=O) groups is 1. The van der Waals surface area contributed by atoms with Crippen molar-refractivity contribution in [2.45, 2.75) is 10.3 Å². The highest BCUT2D eigenvalue weighted by Crippen LogP contribution is 2.64. The van der Waals surface area contributed by atoms with Crippen LogP contribution in [-0.2, 0) is 4.79 Å². The van der Waals surface area contributed by atoms with E-state index in [0.29, 0.717) is 5.02 Å². The predicted molar refractivity (Wildman–Crippen MR) is 69.0 cm³/mol. The number of primary amides is 1. The van der Waals surface area contributed by atoms with Gasteiger partial charge in [0, 0.05) is 10.4 Å². The van der Waals surface area contributed by atoms with Gasteiger partial charge in [-0.15, -0.1) is 23.2 Å². The van der Waals surface area contributed by atoms with Crippen LogP contribution in [-0.4, -0.2) is 10.2 Å². The van der Waals surface area contributed by atoms with Crippen molar-refractivity contribution in [1.82, 2.24) is 0 Å². The molecule has 0 aliphatic heterocycles. The molecule has 2 rings (SSSR count). The average Bonchev–Trinajstić information content (AvgIpc) is 2.74. The van der Waals surface area contributed by atoms with Gasteiger partial charge in [0.05, 0.1) is 10.9 Å². The Hall–Kier alpha value is 0.0400. The maximum Gasteiger partial charge on any atom is 0.224 e. The molecule has 0 saturated heterocycles. The summed E-state index contributed by atoms with van der Waals surface area (Å²) in [5, 5.41) is 0.592. The second kappa shape index (κ2) is 4.05. The van der Waals surface area contributed by atoms with Gasteiger partial charge in [-0.3, -0.25) is 4.79 Å². The third-order valence-corrected chi connectivity index (χ3v) is 4.82. The number of benzene rings is 1. The molecule has 1 fully saturated rings. The molecule has 0 heterocycles. The zero-order valence-electron chi connectivity index (χ0n) is 7.88. The molecular formula is C10H7BrCl3NO. The smallest absolute Gasteiger partial charge is 0.224 e. The van der Waals surface area contributed by atoms with Gasteiger partial charge in [0.1, 0.15) is 4.33 Å². The fourth-order valence-corrected chi connectivity index (χ4v) is 3.16. The monoisotopic (exact) mass is 341 g/mol. The molecule has 0 bridgehead atoms. The largest absolute Gasteiger partial charge is 0.369 e. The van der Waals surface area contributed by atoms with E-state index in [1.54, 1.807) is 18.2 Å². The van der Waals surface area contributed by atoms with Crippen molar-refractivity contribution in [3.05, 3.63) is 33.3 Å². The number of amides is 1. The molecule has 2 nitrogen and oxygen atoms in total. The molecule has 0 radical (unpaired) electrons. The summed E-state index contributed by atoms with van der Waals surface area (Å²) in [5.41, 5.74) is 6.08. The van der Waals surface area contributed by atoms with Crippen molar-refractivity contribution < 1.29 is 4.79 Å². The fourth-order valence-electron chi connectivity index (χ4n) is 1.80. The maximum atomic E-state index is 11.1. The first-order valence-corrected chi connectivity index (χ1v) is 6.40. The molecule has 1 aliphatic rings. The summed E-state index contributed by atoms with van der Waals surface area (Å²) in [6, 6.07) is 5.32. The molecule has 1 saturated carbocycles. The summed E-state index contributed by atoms with van der Waals surface area (Å²) in [4.78, 5) is 11.1. The standard InChI is InChI=1S/C10H7BrCl3NO/c11-5-3-4(1-2-6(5)12)7-8(9(15)16)10(7,13)14/h1-3,7-8H,(H2,15,16). The minimum absolute atomic E-state index is 0.262. The van der Waals surface area contributed by atoms with E-state index >= 15 is 0 Å².